The summed E-state index contributed by atoms with van der Waals surface area (Å²) in [6.45, 7) is 0.468. The van der Waals surface area contributed by atoms with Gasteiger partial charge in [0, 0.05) is 20.2 Å². The molecular weight excluding hydrogens is 282 g/mol. The summed E-state index contributed by atoms with van der Waals surface area (Å²) in [5.41, 5.74) is 0.0505. The number of carboxylic acids is 1. The predicted octanol–water partition coefficient (Wildman–Crippen LogP) is 1.17. The molecule has 6 nitrogen and oxygen atoms in total. The largest absolute Gasteiger partial charge is 0.478 e. The monoisotopic (exact) mass is 301 g/mol. The molecule has 0 radical (unpaired) electrons. The molecule has 0 atom stereocenters. The van der Waals surface area contributed by atoms with Gasteiger partial charge < -0.3 is 10.2 Å². The first-order valence-electron chi connectivity index (χ1n) is 6.30. The average molecular weight is 301 g/mol. The van der Waals surface area contributed by atoms with E-state index in [1.165, 1.54) is 35.6 Å². The fraction of sp³-hybridized carbons (Fsp3) is 0.462. The summed E-state index contributed by atoms with van der Waals surface area (Å²) < 4.78 is 25.6. The van der Waals surface area contributed by atoms with Crippen molar-refractivity contribution in [3.05, 3.63) is 29.8 Å². The van der Waals surface area contributed by atoms with Gasteiger partial charge in [0.15, 0.2) is 0 Å². The van der Waals surface area contributed by atoms with Gasteiger partial charge in [-0.15, -0.1) is 0 Å². The lowest BCUT2D eigenvalue weighted by Crippen LogP contribution is -2.28. The molecule has 0 bridgehead atoms. The number of benzene rings is 1. The van der Waals surface area contributed by atoms with E-state index >= 15 is 0 Å². The lowest BCUT2D eigenvalue weighted by molar-refractivity contribution is 0.0696. The van der Waals surface area contributed by atoms with Gasteiger partial charge in [0.2, 0.25) is 10.0 Å². The molecule has 1 aromatic rings. The molecule has 0 aliphatic carbocycles. The predicted molar refractivity (Wildman–Crippen MR) is 74.2 cm³/mol. The second-order valence-electron chi connectivity index (χ2n) is 4.44. The number of sulfonamides is 1. The van der Waals surface area contributed by atoms with Gasteiger partial charge in [0.05, 0.1) is 10.5 Å². The molecule has 1 rings (SSSR count). The number of aliphatic hydroxyl groups excluding tert-OH is 1. The minimum Gasteiger partial charge on any atom is -0.478 e. The maximum atomic E-state index is 12.2. The number of unbranched alkanes of at least 4 members (excludes halogenated alkanes) is 2. The van der Waals surface area contributed by atoms with Crippen molar-refractivity contribution in [2.75, 3.05) is 20.2 Å². The van der Waals surface area contributed by atoms with Gasteiger partial charge in [-0.05, 0) is 43.5 Å². The lowest BCUT2D eigenvalue weighted by Gasteiger charge is -2.17. The van der Waals surface area contributed by atoms with E-state index in [2.05, 4.69) is 0 Å². The van der Waals surface area contributed by atoms with Gasteiger partial charge in [0.25, 0.3) is 0 Å². The Bertz CT molecular complexity index is 538. The molecule has 2 N–H and O–H groups in total. The first-order chi connectivity index (χ1) is 9.39. The Kier molecular flexibility index (Phi) is 6.12. The van der Waals surface area contributed by atoms with Crippen molar-refractivity contribution in [1.82, 2.24) is 4.31 Å². The van der Waals surface area contributed by atoms with Crippen molar-refractivity contribution in [3.8, 4) is 0 Å². The molecule has 112 valence electrons. The van der Waals surface area contributed by atoms with Crippen LogP contribution in [0.25, 0.3) is 0 Å². The average Bonchev–Trinajstić information content (AvgIpc) is 2.43. The summed E-state index contributed by atoms with van der Waals surface area (Å²) in [4.78, 5) is 10.8. The highest BCUT2D eigenvalue weighted by atomic mass is 32.2. The van der Waals surface area contributed by atoms with Crippen LogP contribution in [0.5, 0.6) is 0 Å². The van der Waals surface area contributed by atoms with E-state index in [-0.39, 0.29) is 17.1 Å². The van der Waals surface area contributed by atoms with Gasteiger partial charge in [-0.2, -0.15) is 0 Å². The highest BCUT2D eigenvalue weighted by Gasteiger charge is 2.20. The van der Waals surface area contributed by atoms with E-state index < -0.39 is 16.0 Å². The van der Waals surface area contributed by atoms with Crippen LogP contribution in [0.2, 0.25) is 0 Å². The Morgan fingerprint density at radius 2 is 1.75 bits per heavy atom. The minimum atomic E-state index is -3.59. The summed E-state index contributed by atoms with van der Waals surface area (Å²) >= 11 is 0. The maximum absolute atomic E-state index is 12.2. The highest BCUT2D eigenvalue weighted by Crippen LogP contribution is 2.16. The number of hydrogen-bond donors (Lipinski definition) is 2. The number of aliphatic hydroxyl groups is 1. The topological polar surface area (TPSA) is 94.9 Å². The number of nitrogens with zero attached hydrogens (tertiary/aromatic N) is 1. The zero-order valence-electron chi connectivity index (χ0n) is 11.3. The number of hydrogen-bond acceptors (Lipinski definition) is 4. The van der Waals surface area contributed by atoms with Crippen molar-refractivity contribution in [2.24, 2.45) is 0 Å². The molecule has 20 heavy (non-hydrogen) atoms. The molecule has 0 aromatic heterocycles. The van der Waals surface area contributed by atoms with Crippen molar-refractivity contribution in [3.63, 3.8) is 0 Å². The fourth-order valence-electron chi connectivity index (χ4n) is 1.69. The van der Waals surface area contributed by atoms with Crippen LogP contribution in [0, 0.1) is 0 Å². The zero-order chi connectivity index (χ0) is 15.2. The van der Waals surface area contributed by atoms with Crippen molar-refractivity contribution in [1.29, 1.82) is 0 Å². The number of aromatic carboxylic acids is 1. The smallest absolute Gasteiger partial charge is 0.335 e. The van der Waals surface area contributed by atoms with E-state index in [0.717, 1.165) is 6.42 Å². The van der Waals surface area contributed by atoms with Crippen LogP contribution < -0.4 is 0 Å². The second-order valence-corrected chi connectivity index (χ2v) is 6.49. The van der Waals surface area contributed by atoms with Crippen LogP contribution in [0.15, 0.2) is 29.2 Å². The second kappa shape index (κ2) is 7.37. The summed E-state index contributed by atoms with van der Waals surface area (Å²) in [6, 6.07) is 5.13. The molecule has 0 fully saturated rings. The standard InChI is InChI=1S/C13H19NO5S/c1-14(9-3-2-4-10-15)20(18,19)12-7-5-11(6-8-12)13(16)17/h5-8,15H,2-4,9-10H2,1H3,(H,16,17). The van der Waals surface area contributed by atoms with Crippen LogP contribution >= 0.6 is 0 Å². The van der Waals surface area contributed by atoms with Gasteiger partial charge >= 0.3 is 5.97 Å². The van der Waals surface area contributed by atoms with Crippen LogP contribution in [0.3, 0.4) is 0 Å². The maximum Gasteiger partial charge on any atom is 0.335 e. The Morgan fingerprint density at radius 3 is 2.25 bits per heavy atom. The van der Waals surface area contributed by atoms with E-state index in [0.29, 0.717) is 19.4 Å². The molecule has 0 aliphatic rings. The molecule has 7 heteroatoms. The van der Waals surface area contributed by atoms with Crippen LogP contribution in [-0.2, 0) is 10.0 Å². The van der Waals surface area contributed by atoms with Gasteiger partial charge in [-0.25, -0.2) is 17.5 Å². The van der Waals surface area contributed by atoms with Crippen LogP contribution in [-0.4, -0.2) is 49.1 Å². The number of carbonyl (C=O) groups is 1. The van der Waals surface area contributed by atoms with E-state index in [1.54, 1.807) is 0 Å². The zero-order valence-corrected chi connectivity index (χ0v) is 12.1. The van der Waals surface area contributed by atoms with Gasteiger partial charge in [0.1, 0.15) is 0 Å². The first kappa shape index (κ1) is 16.6. The Morgan fingerprint density at radius 1 is 1.15 bits per heavy atom. The minimum absolute atomic E-state index is 0.0505. The molecule has 0 heterocycles. The van der Waals surface area contributed by atoms with E-state index in [4.69, 9.17) is 10.2 Å². The molecule has 0 aliphatic heterocycles. The Hall–Kier alpha value is -1.44. The molecular formula is C13H19NO5S. The molecule has 1 aromatic carbocycles. The first-order valence-corrected chi connectivity index (χ1v) is 7.74. The lowest BCUT2D eigenvalue weighted by atomic mass is 10.2. The number of carboxylic acid groups (broad SMARTS) is 1. The number of rotatable bonds is 8. The normalized spacial score (nSPS) is 11.8. The molecule has 0 spiro atoms. The Labute approximate surface area is 118 Å². The van der Waals surface area contributed by atoms with Crippen LogP contribution in [0.1, 0.15) is 29.6 Å². The molecule has 0 unspecified atom stereocenters. The SMILES string of the molecule is CN(CCCCCO)S(=O)(=O)c1ccc(C(=O)O)cc1. The van der Waals surface area contributed by atoms with E-state index in [9.17, 15) is 13.2 Å². The van der Waals surface area contributed by atoms with Crippen molar-refractivity contribution in [2.45, 2.75) is 24.2 Å². The molecule has 0 saturated carbocycles. The quantitative estimate of drug-likeness (QED) is 0.703. The van der Waals surface area contributed by atoms with Gasteiger partial charge in [-0.3, -0.25) is 0 Å². The fourth-order valence-corrected chi connectivity index (χ4v) is 2.90. The Balaban J connectivity index is 2.74. The summed E-state index contributed by atoms with van der Waals surface area (Å²) in [5.74, 6) is -1.09. The van der Waals surface area contributed by atoms with Gasteiger partial charge in [-0.1, -0.05) is 0 Å². The van der Waals surface area contributed by atoms with Crippen molar-refractivity contribution >= 4 is 16.0 Å². The third kappa shape index (κ3) is 4.29. The van der Waals surface area contributed by atoms with Crippen molar-refractivity contribution < 1.29 is 23.4 Å². The summed E-state index contributed by atoms with van der Waals surface area (Å²) in [6.07, 6.45) is 2.08. The van der Waals surface area contributed by atoms with E-state index in [1.807, 2.05) is 0 Å². The highest BCUT2D eigenvalue weighted by molar-refractivity contribution is 7.89. The van der Waals surface area contributed by atoms with Crippen LogP contribution in [0.4, 0.5) is 0 Å². The summed E-state index contributed by atoms with van der Waals surface area (Å²) in [5, 5.41) is 17.4. The third-order valence-electron chi connectivity index (χ3n) is 2.94. The third-order valence-corrected chi connectivity index (χ3v) is 4.81. The summed E-state index contributed by atoms with van der Waals surface area (Å²) in [7, 11) is -2.11. The molecule has 0 amide bonds. The molecule has 0 saturated heterocycles.